The zero-order chi connectivity index (χ0) is 19.9. The lowest BCUT2D eigenvalue weighted by molar-refractivity contribution is 0.0754. The van der Waals surface area contributed by atoms with E-state index in [2.05, 4.69) is 20.6 Å². The van der Waals surface area contributed by atoms with Gasteiger partial charge >= 0.3 is 0 Å². The Morgan fingerprint density at radius 1 is 1.24 bits per heavy atom. The lowest BCUT2D eigenvalue weighted by Crippen LogP contribution is -2.33. The Balaban J connectivity index is 1.20. The van der Waals surface area contributed by atoms with Crippen molar-refractivity contribution in [3.8, 4) is 17.2 Å². The van der Waals surface area contributed by atoms with Gasteiger partial charge in [0.25, 0.3) is 5.91 Å². The fourth-order valence-electron chi connectivity index (χ4n) is 2.84. The molecule has 9 nitrogen and oxygen atoms in total. The lowest BCUT2D eigenvalue weighted by Gasteiger charge is -2.26. The van der Waals surface area contributed by atoms with Crippen molar-refractivity contribution in [2.45, 2.75) is 19.1 Å². The van der Waals surface area contributed by atoms with Crippen molar-refractivity contribution in [3.05, 3.63) is 60.7 Å². The molecule has 0 fully saturated rings. The smallest absolute Gasteiger partial charge is 0.273 e. The number of rotatable bonds is 8. The molecule has 3 heterocycles. The van der Waals surface area contributed by atoms with Crippen molar-refractivity contribution in [3.63, 3.8) is 0 Å². The van der Waals surface area contributed by atoms with Gasteiger partial charge in [-0.1, -0.05) is 17.3 Å². The SMILES string of the molecule is O=C(NCCCOc1cccnc1)c1cn(C[C@H]2COc3ccccc3O2)nn1. The van der Waals surface area contributed by atoms with Crippen LogP contribution in [0.5, 0.6) is 17.2 Å². The predicted octanol–water partition coefficient (Wildman–Crippen LogP) is 1.71. The number of fused-ring (bicyclic) bond motifs is 1. The summed E-state index contributed by atoms with van der Waals surface area (Å²) in [6.45, 7) is 1.81. The number of carbonyl (C=O) groups excluding carboxylic acids is 1. The van der Waals surface area contributed by atoms with Gasteiger partial charge in [-0.05, 0) is 30.7 Å². The normalized spacial score (nSPS) is 15.0. The minimum absolute atomic E-state index is 0.202. The summed E-state index contributed by atoms with van der Waals surface area (Å²) >= 11 is 0. The Morgan fingerprint density at radius 2 is 2.14 bits per heavy atom. The maximum Gasteiger partial charge on any atom is 0.273 e. The molecule has 3 aromatic rings. The average molecular weight is 395 g/mol. The molecule has 0 spiro atoms. The summed E-state index contributed by atoms with van der Waals surface area (Å²) in [7, 11) is 0. The highest BCUT2D eigenvalue weighted by atomic mass is 16.6. The molecule has 0 unspecified atom stereocenters. The summed E-state index contributed by atoms with van der Waals surface area (Å²) in [6, 6.07) is 11.2. The van der Waals surface area contributed by atoms with Crippen LogP contribution in [0.4, 0.5) is 0 Å². The zero-order valence-electron chi connectivity index (χ0n) is 15.7. The second-order valence-electron chi connectivity index (χ2n) is 6.47. The molecule has 4 rings (SSSR count). The van der Waals surface area contributed by atoms with Gasteiger partial charge in [0.05, 0.1) is 25.5 Å². The standard InChI is InChI=1S/C20H21N5O4/c26-20(22-9-4-10-27-15-5-3-8-21-11-15)17-13-25(24-23-17)12-16-14-28-18-6-1-2-7-19(18)29-16/h1-3,5-8,11,13,16H,4,9-10,12,14H2,(H,22,26)/t16-/m0/s1. The van der Waals surface area contributed by atoms with Gasteiger partial charge in [0.1, 0.15) is 12.4 Å². The first kappa shape index (κ1) is 18.7. The van der Waals surface area contributed by atoms with Crippen molar-refractivity contribution >= 4 is 5.91 Å². The monoisotopic (exact) mass is 395 g/mol. The molecular formula is C20H21N5O4. The molecule has 150 valence electrons. The first-order valence-electron chi connectivity index (χ1n) is 9.37. The van der Waals surface area contributed by atoms with E-state index in [0.29, 0.717) is 44.2 Å². The van der Waals surface area contributed by atoms with Gasteiger partial charge in [-0.25, -0.2) is 4.68 Å². The maximum atomic E-state index is 12.2. The Kier molecular flexibility index (Phi) is 5.84. The molecule has 9 heteroatoms. The van der Waals surface area contributed by atoms with E-state index in [-0.39, 0.29) is 17.7 Å². The van der Waals surface area contributed by atoms with E-state index < -0.39 is 0 Å². The Bertz CT molecular complexity index is 947. The average Bonchev–Trinajstić information content (AvgIpc) is 3.22. The first-order chi connectivity index (χ1) is 14.3. The largest absolute Gasteiger partial charge is 0.492 e. The fraction of sp³-hybridized carbons (Fsp3) is 0.300. The van der Waals surface area contributed by atoms with Crippen LogP contribution in [0, 0.1) is 0 Å². The number of hydrogen-bond acceptors (Lipinski definition) is 7. The number of nitrogens with one attached hydrogen (secondary N) is 1. The molecule has 1 amide bonds. The van der Waals surface area contributed by atoms with Gasteiger partial charge in [0.15, 0.2) is 23.3 Å². The second kappa shape index (κ2) is 9.05. The quantitative estimate of drug-likeness (QED) is 0.580. The van der Waals surface area contributed by atoms with Gasteiger partial charge in [0, 0.05) is 12.7 Å². The highest BCUT2D eigenvalue weighted by molar-refractivity contribution is 5.91. The molecule has 1 N–H and O–H groups in total. The van der Waals surface area contributed by atoms with Crippen LogP contribution < -0.4 is 19.5 Å². The fourth-order valence-corrected chi connectivity index (χ4v) is 2.84. The highest BCUT2D eigenvalue weighted by Gasteiger charge is 2.22. The van der Waals surface area contributed by atoms with Crippen LogP contribution in [0.15, 0.2) is 55.0 Å². The van der Waals surface area contributed by atoms with Gasteiger partial charge in [-0.2, -0.15) is 0 Å². The van der Waals surface area contributed by atoms with Crippen molar-refractivity contribution in [1.82, 2.24) is 25.3 Å². The van der Waals surface area contributed by atoms with Crippen LogP contribution in [0.2, 0.25) is 0 Å². The molecule has 1 atom stereocenters. The van der Waals surface area contributed by atoms with Crippen LogP contribution in [-0.4, -0.2) is 51.7 Å². The summed E-state index contributed by atoms with van der Waals surface area (Å²) in [5, 5.41) is 10.8. The molecular weight excluding hydrogens is 374 g/mol. The maximum absolute atomic E-state index is 12.2. The van der Waals surface area contributed by atoms with Crippen molar-refractivity contribution in [2.75, 3.05) is 19.8 Å². The Hall–Kier alpha value is -3.62. The number of benzene rings is 1. The second-order valence-corrected chi connectivity index (χ2v) is 6.47. The van der Waals surface area contributed by atoms with Gasteiger partial charge < -0.3 is 19.5 Å². The number of hydrogen-bond donors (Lipinski definition) is 1. The summed E-state index contributed by atoms with van der Waals surface area (Å²) in [4.78, 5) is 16.2. The topological polar surface area (TPSA) is 100 Å². The van der Waals surface area contributed by atoms with Crippen molar-refractivity contribution < 1.29 is 19.0 Å². The molecule has 0 radical (unpaired) electrons. The predicted molar refractivity (Wildman–Crippen MR) is 103 cm³/mol. The molecule has 0 aliphatic carbocycles. The van der Waals surface area contributed by atoms with Crippen molar-refractivity contribution in [1.29, 1.82) is 0 Å². The van der Waals surface area contributed by atoms with Gasteiger partial charge in [0.2, 0.25) is 0 Å². The third-order valence-corrected chi connectivity index (χ3v) is 4.24. The minimum Gasteiger partial charge on any atom is -0.492 e. The van der Waals surface area contributed by atoms with Crippen LogP contribution in [0.1, 0.15) is 16.9 Å². The molecule has 29 heavy (non-hydrogen) atoms. The van der Waals surface area contributed by atoms with E-state index in [0.717, 1.165) is 5.75 Å². The van der Waals surface area contributed by atoms with Crippen LogP contribution in [0.3, 0.4) is 0 Å². The third-order valence-electron chi connectivity index (χ3n) is 4.24. The Labute approximate surface area is 167 Å². The minimum atomic E-state index is -0.274. The highest BCUT2D eigenvalue weighted by Crippen LogP contribution is 2.31. The summed E-state index contributed by atoms with van der Waals surface area (Å²) in [5.41, 5.74) is 0.260. The summed E-state index contributed by atoms with van der Waals surface area (Å²) in [6.07, 6.45) is 5.41. The molecule has 0 bridgehead atoms. The number of para-hydroxylation sites is 2. The van der Waals surface area contributed by atoms with Gasteiger partial charge in [-0.3, -0.25) is 9.78 Å². The summed E-state index contributed by atoms with van der Waals surface area (Å²) in [5.74, 6) is 1.87. The third kappa shape index (κ3) is 5.01. The molecule has 0 saturated carbocycles. The van der Waals surface area contributed by atoms with Crippen molar-refractivity contribution in [2.24, 2.45) is 0 Å². The van der Waals surface area contributed by atoms with E-state index in [1.807, 2.05) is 36.4 Å². The summed E-state index contributed by atoms with van der Waals surface area (Å²) < 4.78 is 18.7. The first-order valence-corrected chi connectivity index (χ1v) is 9.37. The van der Waals surface area contributed by atoms with E-state index >= 15 is 0 Å². The number of carbonyl (C=O) groups is 1. The number of ether oxygens (including phenoxy) is 3. The Morgan fingerprint density at radius 3 is 3.00 bits per heavy atom. The number of nitrogens with zero attached hydrogens (tertiary/aromatic N) is 4. The molecule has 1 aliphatic rings. The number of aromatic nitrogens is 4. The van der Waals surface area contributed by atoms with Crippen LogP contribution in [-0.2, 0) is 6.54 Å². The molecule has 1 aliphatic heterocycles. The molecule has 0 saturated heterocycles. The van der Waals surface area contributed by atoms with E-state index in [1.165, 1.54) is 0 Å². The number of amides is 1. The van der Waals surface area contributed by atoms with E-state index in [4.69, 9.17) is 14.2 Å². The molecule has 2 aromatic heterocycles. The van der Waals surface area contributed by atoms with Crippen LogP contribution in [0.25, 0.3) is 0 Å². The van der Waals surface area contributed by atoms with Crippen LogP contribution >= 0.6 is 0 Å². The molecule has 1 aromatic carbocycles. The van der Waals surface area contributed by atoms with E-state index in [9.17, 15) is 4.79 Å². The van der Waals surface area contributed by atoms with E-state index in [1.54, 1.807) is 23.3 Å². The zero-order valence-corrected chi connectivity index (χ0v) is 15.7. The number of pyridine rings is 1. The van der Waals surface area contributed by atoms with Gasteiger partial charge in [-0.15, -0.1) is 5.10 Å². The lowest BCUT2D eigenvalue weighted by atomic mass is 10.2.